The summed E-state index contributed by atoms with van der Waals surface area (Å²) >= 11 is 0. The second-order valence-corrected chi connectivity index (χ2v) is 8.18. The molecule has 4 aromatic rings. The molecule has 4 rings (SSSR count). The number of aromatic nitrogens is 2. The van der Waals surface area contributed by atoms with Crippen molar-refractivity contribution in [2.24, 2.45) is 7.05 Å². The van der Waals surface area contributed by atoms with Gasteiger partial charge in [0.25, 0.3) is 0 Å². The molecule has 156 valence electrons. The highest BCUT2D eigenvalue weighted by molar-refractivity contribution is 6.02. The number of benzene rings is 2. The second kappa shape index (κ2) is 8.73. The van der Waals surface area contributed by atoms with Crippen molar-refractivity contribution >= 4 is 10.9 Å². The van der Waals surface area contributed by atoms with Gasteiger partial charge in [0, 0.05) is 35.3 Å². The summed E-state index contributed by atoms with van der Waals surface area (Å²) in [5, 5.41) is 10.4. The topological polar surface area (TPSA) is 65.7 Å². The van der Waals surface area contributed by atoms with E-state index in [1.807, 2.05) is 30.5 Å². The second-order valence-electron chi connectivity index (χ2n) is 8.18. The van der Waals surface area contributed by atoms with Crippen molar-refractivity contribution in [1.29, 1.82) is 5.26 Å². The monoisotopic (exact) mass is 409 g/mol. The van der Waals surface area contributed by atoms with Crippen LogP contribution in [0.4, 0.5) is 0 Å². The minimum atomic E-state index is 0.360. The largest absolute Gasteiger partial charge is 0.345 e. The first kappa shape index (κ1) is 20.8. The lowest BCUT2D eigenvalue weighted by molar-refractivity contribution is 0.464. The SMILES string of the molecule is Cc1ccc(-c2ncc3c(cc(CNNC(C)C)n3C)c2-c2ccc(C#N)cc2)cc1. The molecule has 0 aliphatic rings. The molecular weight excluding hydrogens is 382 g/mol. The van der Waals surface area contributed by atoms with Crippen molar-refractivity contribution < 1.29 is 0 Å². The molecule has 0 aliphatic heterocycles. The van der Waals surface area contributed by atoms with Crippen molar-refractivity contribution in [1.82, 2.24) is 20.4 Å². The Morgan fingerprint density at radius 1 is 1.03 bits per heavy atom. The molecule has 31 heavy (non-hydrogen) atoms. The summed E-state index contributed by atoms with van der Waals surface area (Å²) in [7, 11) is 2.07. The van der Waals surface area contributed by atoms with Crippen LogP contribution in [0.5, 0.6) is 0 Å². The number of hydrazine groups is 1. The van der Waals surface area contributed by atoms with Crippen LogP contribution in [0.3, 0.4) is 0 Å². The minimum Gasteiger partial charge on any atom is -0.345 e. The number of nitrogens with zero attached hydrogens (tertiary/aromatic N) is 3. The Labute approximate surface area is 183 Å². The number of rotatable bonds is 6. The molecule has 0 bridgehead atoms. The molecule has 0 aliphatic carbocycles. The molecule has 0 saturated heterocycles. The first-order chi connectivity index (χ1) is 15.0. The first-order valence-corrected chi connectivity index (χ1v) is 10.5. The maximum absolute atomic E-state index is 9.21. The lowest BCUT2D eigenvalue weighted by Gasteiger charge is -2.12. The third-order valence-electron chi connectivity index (χ3n) is 5.49. The smallest absolute Gasteiger partial charge is 0.0991 e. The summed E-state index contributed by atoms with van der Waals surface area (Å²) in [5.41, 5.74) is 14.8. The highest BCUT2D eigenvalue weighted by Crippen LogP contribution is 2.37. The van der Waals surface area contributed by atoms with E-state index in [2.05, 4.69) is 79.6 Å². The van der Waals surface area contributed by atoms with E-state index in [1.165, 1.54) is 11.3 Å². The van der Waals surface area contributed by atoms with Gasteiger partial charge in [0.1, 0.15) is 0 Å². The zero-order chi connectivity index (χ0) is 22.0. The predicted octanol–water partition coefficient (Wildman–Crippen LogP) is 5.09. The van der Waals surface area contributed by atoms with Gasteiger partial charge in [-0.2, -0.15) is 5.26 Å². The third-order valence-corrected chi connectivity index (χ3v) is 5.49. The van der Waals surface area contributed by atoms with Crippen LogP contribution in [0.15, 0.2) is 60.8 Å². The summed E-state index contributed by atoms with van der Waals surface area (Å²) in [6, 6.07) is 21.0. The summed E-state index contributed by atoms with van der Waals surface area (Å²) in [6.45, 7) is 7.00. The van der Waals surface area contributed by atoms with Gasteiger partial charge in [0.2, 0.25) is 0 Å². The van der Waals surface area contributed by atoms with Crippen molar-refractivity contribution in [3.05, 3.63) is 77.6 Å². The van der Waals surface area contributed by atoms with E-state index >= 15 is 0 Å². The molecule has 0 amide bonds. The van der Waals surface area contributed by atoms with Gasteiger partial charge < -0.3 is 4.57 Å². The molecular formula is C26H27N5. The van der Waals surface area contributed by atoms with E-state index in [0.29, 0.717) is 18.2 Å². The van der Waals surface area contributed by atoms with Crippen LogP contribution in [0, 0.1) is 18.3 Å². The fraction of sp³-hybridized carbons (Fsp3) is 0.231. The molecule has 0 saturated carbocycles. The summed E-state index contributed by atoms with van der Waals surface area (Å²) < 4.78 is 2.18. The lowest BCUT2D eigenvalue weighted by Crippen LogP contribution is -2.37. The average Bonchev–Trinajstić information content (AvgIpc) is 3.09. The molecule has 0 spiro atoms. The normalized spacial score (nSPS) is 11.2. The molecule has 5 nitrogen and oxygen atoms in total. The Morgan fingerprint density at radius 3 is 2.35 bits per heavy atom. The van der Waals surface area contributed by atoms with E-state index in [1.54, 1.807) is 0 Å². The van der Waals surface area contributed by atoms with Crippen LogP contribution in [0.2, 0.25) is 0 Å². The Hall–Kier alpha value is -3.46. The molecule has 0 radical (unpaired) electrons. The Balaban J connectivity index is 1.90. The minimum absolute atomic E-state index is 0.360. The van der Waals surface area contributed by atoms with Crippen LogP contribution >= 0.6 is 0 Å². The van der Waals surface area contributed by atoms with Crippen molar-refractivity contribution in [2.45, 2.75) is 33.4 Å². The van der Waals surface area contributed by atoms with Gasteiger partial charge in [-0.25, -0.2) is 0 Å². The Bertz CT molecular complexity index is 1240. The van der Waals surface area contributed by atoms with Crippen molar-refractivity contribution in [2.75, 3.05) is 0 Å². The summed E-state index contributed by atoms with van der Waals surface area (Å²) in [6.07, 6.45) is 1.96. The number of pyridine rings is 1. The van der Waals surface area contributed by atoms with Gasteiger partial charge in [-0.1, -0.05) is 42.0 Å². The Kier molecular flexibility index (Phi) is 5.85. The molecule has 2 aromatic carbocycles. The standard InChI is InChI=1S/C26H27N5/c1-17(2)30-29-15-22-13-23-24(31(22)4)16-28-26(21-9-5-18(3)6-10-21)25(23)20-11-7-19(14-27)8-12-20/h5-13,16-17,29-30H,15H2,1-4H3. The fourth-order valence-electron chi connectivity index (χ4n) is 3.80. The third kappa shape index (κ3) is 4.22. The maximum Gasteiger partial charge on any atom is 0.0991 e. The van der Waals surface area contributed by atoms with Gasteiger partial charge >= 0.3 is 0 Å². The highest BCUT2D eigenvalue weighted by atomic mass is 15.4. The predicted molar refractivity (Wildman–Crippen MR) is 126 cm³/mol. The molecule has 2 heterocycles. The van der Waals surface area contributed by atoms with Crippen LogP contribution < -0.4 is 10.9 Å². The maximum atomic E-state index is 9.21. The van der Waals surface area contributed by atoms with Crippen molar-refractivity contribution in [3.63, 3.8) is 0 Å². The molecule has 0 unspecified atom stereocenters. The van der Waals surface area contributed by atoms with Crippen LogP contribution in [0.1, 0.15) is 30.7 Å². The van der Waals surface area contributed by atoms with E-state index in [0.717, 1.165) is 33.3 Å². The molecule has 0 fully saturated rings. The fourth-order valence-corrected chi connectivity index (χ4v) is 3.80. The Morgan fingerprint density at radius 2 is 1.71 bits per heavy atom. The lowest BCUT2D eigenvalue weighted by atomic mass is 9.95. The zero-order valence-corrected chi connectivity index (χ0v) is 18.4. The number of fused-ring (bicyclic) bond motifs is 1. The summed E-state index contributed by atoms with van der Waals surface area (Å²) in [5.74, 6) is 0. The van der Waals surface area contributed by atoms with Gasteiger partial charge in [-0.15, -0.1) is 0 Å². The van der Waals surface area contributed by atoms with Gasteiger partial charge in [0.05, 0.1) is 35.6 Å². The zero-order valence-electron chi connectivity index (χ0n) is 18.4. The van der Waals surface area contributed by atoms with Crippen LogP contribution in [0.25, 0.3) is 33.3 Å². The molecule has 2 aromatic heterocycles. The van der Waals surface area contributed by atoms with E-state index in [4.69, 9.17) is 4.98 Å². The van der Waals surface area contributed by atoms with Crippen LogP contribution in [-0.2, 0) is 13.6 Å². The molecule has 0 atom stereocenters. The average molecular weight is 410 g/mol. The number of nitriles is 1. The number of hydrogen-bond acceptors (Lipinski definition) is 4. The first-order valence-electron chi connectivity index (χ1n) is 10.5. The van der Waals surface area contributed by atoms with Gasteiger partial charge in [-0.05, 0) is 44.5 Å². The van der Waals surface area contributed by atoms with Crippen LogP contribution in [-0.4, -0.2) is 15.6 Å². The summed E-state index contributed by atoms with van der Waals surface area (Å²) in [4.78, 5) is 4.89. The number of aryl methyl sites for hydroxylation is 2. The molecule has 5 heteroatoms. The van der Waals surface area contributed by atoms with Gasteiger partial charge in [-0.3, -0.25) is 15.8 Å². The van der Waals surface area contributed by atoms with Gasteiger partial charge in [0.15, 0.2) is 0 Å². The highest BCUT2D eigenvalue weighted by Gasteiger charge is 2.17. The quantitative estimate of drug-likeness (QED) is 0.435. The number of hydrogen-bond donors (Lipinski definition) is 2. The van der Waals surface area contributed by atoms with E-state index in [-0.39, 0.29) is 0 Å². The number of nitrogens with one attached hydrogen (secondary N) is 2. The van der Waals surface area contributed by atoms with E-state index < -0.39 is 0 Å². The molecule has 2 N–H and O–H groups in total. The van der Waals surface area contributed by atoms with Crippen molar-refractivity contribution in [3.8, 4) is 28.5 Å². The van der Waals surface area contributed by atoms with E-state index in [9.17, 15) is 5.26 Å².